The van der Waals surface area contributed by atoms with Crippen LogP contribution in [0.15, 0.2) is 5.16 Å². The van der Waals surface area contributed by atoms with Crippen LogP contribution in [0, 0.1) is 5.92 Å². The second-order valence-corrected chi connectivity index (χ2v) is 2.48. The lowest BCUT2D eigenvalue weighted by Gasteiger charge is -1.90. The highest BCUT2D eigenvalue weighted by Gasteiger charge is 2.21. The lowest BCUT2D eigenvalue weighted by molar-refractivity contribution is 0.317. The predicted molar refractivity (Wildman–Crippen MR) is 32.2 cm³/mol. The fraction of sp³-hybridized carbons (Fsp3) is 0.833. The maximum Gasteiger partial charge on any atom is 0.0542 e. The highest BCUT2D eigenvalue weighted by Crippen LogP contribution is 2.32. The molecule has 2 nitrogen and oxygen atoms in total. The van der Waals surface area contributed by atoms with E-state index in [0.717, 1.165) is 18.1 Å². The third-order valence-corrected chi connectivity index (χ3v) is 1.45. The Kier molecular flexibility index (Phi) is 1.51. The van der Waals surface area contributed by atoms with E-state index in [1.165, 1.54) is 12.8 Å². The van der Waals surface area contributed by atoms with Crippen LogP contribution in [0.2, 0.25) is 0 Å². The maximum absolute atomic E-state index is 8.20. The van der Waals surface area contributed by atoms with E-state index in [2.05, 4.69) is 5.16 Å². The topological polar surface area (TPSA) is 32.6 Å². The van der Waals surface area contributed by atoms with E-state index in [0.29, 0.717) is 0 Å². The lowest BCUT2D eigenvalue weighted by atomic mass is 10.2. The van der Waals surface area contributed by atoms with E-state index in [1.54, 1.807) is 0 Å². The van der Waals surface area contributed by atoms with Gasteiger partial charge < -0.3 is 5.21 Å². The van der Waals surface area contributed by atoms with Crippen LogP contribution in [-0.2, 0) is 0 Å². The zero-order valence-corrected chi connectivity index (χ0v) is 5.09. The molecule has 1 saturated carbocycles. The standard InChI is InChI=1S/C6H11NO/c1-5(7-8)4-6-2-3-6/h6,8H,2-4H2,1H3. The summed E-state index contributed by atoms with van der Waals surface area (Å²) in [6.45, 7) is 1.86. The zero-order chi connectivity index (χ0) is 5.98. The first-order valence-electron chi connectivity index (χ1n) is 3.00. The summed E-state index contributed by atoms with van der Waals surface area (Å²) in [6, 6.07) is 0. The summed E-state index contributed by atoms with van der Waals surface area (Å²) in [5, 5.41) is 11.3. The predicted octanol–water partition coefficient (Wildman–Crippen LogP) is 1.64. The molecule has 46 valence electrons. The number of oxime groups is 1. The number of nitrogens with zero attached hydrogens (tertiary/aromatic N) is 1. The summed E-state index contributed by atoms with van der Waals surface area (Å²) in [5.41, 5.74) is 0.868. The van der Waals surface area contributed by atoms with Crippen LogP contribution in [0.5, 0.6) is 0 Å². The van der Waals surface area contributed by atoms with Crippen molar-refractivity contribution in [3.8, 4) is 0 Å². The van der Waals surface area contributed by atoms with Crippen molar-refractivity contribution in [2.75, 3.05) is 0 Å². The van der Waals surface area contributed by atoms with Gasteiger partial charge in [-0.3, -0.25) is 0 Å². The average Bonchev–Trinajstić information content (AvgIpc) is 2.50. The van der Waals surface area contributed by atoms with Gasteiger partial charge in [-0.05, 0) is 32.1 Å². The molecule has 1 aliphatic rings. The molecule has 1 aliphatic carbocycles. The Bertz CT molecular complexity index is 105. The number of hydrogen-bond donors (Lipinski definition) is 1. The van der Waals surface area contributed by atoms with Gasteiger partial charge in [-0.15, -0.1) is 0 Å². The van der Waals surface area contributed by atoms with Crippen molar-refractivity contribution in [3.05, 3.63) is 0 Å². The van der Waals surface area contributed by atoms with Gasteiger partial charge in [-0.1, -0.05) is 5.16 Å². The third-order valence-electron chi connectivity index (χ3n) is 1.45. The molecule has 0 radical (unpaired) electrons. The van der Waals surface area contributed by atoms with Crippen LogP contribution < -0.4 is 0 Å². The van der Waals surface area contributed by atoms with Crippen molar-refractivity contribution in [1.82, 2.24) is 0 Å². The van der Waals surface area contributed by atoms with Gasteiger partial charge in [0.2, 0.25) is 0 Å². The molecule has 1 rings (SSSR count). The number of rotatable bonds is 2. The van der Waals surface area contributed by atoms with E-state index >= 15 is 0 Å². The summed E-state index contributed by atoms with van der Waals surface area (Å²) in [7, 11) is 0. The molecular formula is C6H11NO. The maximum atomic E-state index is 8.20. The van der Waals surface area contributed by atoms with Crippen LogP contribution in [-0.4, -0.2) is 10.9 Å². The van der Waals surface area contributed by atoms with Crippen molar-refractivity contribution in [2.24, 2.45) is 11.1 Å². The Morgan fingerprint density at radius 3 is 2.75 bits per heavy atom. The lowest BCUT2D eigenvalue weighted by Crippen LogP contribution is -1.90. The Morgan fingerprint density at radius 2 is 2.38 bits per heavy atom. The summed E-state index contributed by atoms with van der Waals surface area (Å²) in [5.74, 6) is 0.839. The molecule has 0 heterocycles. The highest BCUT2D eigenvalue weighted by molar-refractivity contribution is 5.81. The molecule has 0 atom stereocenters. The van der Waals surface area contributed by atoms with Crippen LogP contribution in [0.3, 0.4) is 0 Å². The summed E-state index contributed by atoms with van der Waals surface area (Å²) in [6.07, 6.45) is 3.65. The highest BCUT2D eigenvalue weighted by atomic mass is 16.4. The van der Waals surface area contributed by atoms with Gasteiger partial charge in [-0.2, -0.15) is 0 Å². The van der Waals surface area contributed by atoms with Crippen LogP contribution in [0.4, 0.5) is 0 Å². The second-order valence-electron chi connectivity index (χ2n) is 2.48. The molecular weight excluding hydrogens is 102 g/mol. The van der Waals surface area contributed by atoms with Gasteiger partial charge in [0.25, 0.3) is 0 Å². The van der Waals surface area contributed by atoms with E-state index < -0.39 is 0 Å². The minimum atomic E-state index is 0.839. The Balaban J connectivity index is 2.16. The van der Waals surface area contributed by atoms with Gasteiger partial charge in [0.05, 0.1) is 5.71 Å². The van der Waals surface area contributed by atoms with Crippen molar-refractivity contribution in [2.45, 2.75) is 26.2 Å². The smallest absolute Gasteiger partial charge is 0.0542 e. The molecule has 0 aromatic heterocycles. The minimum absolute atomic E-state index is 0.839. The molecule has 0 amide bonds. The van der Waals surface area contributed by atoms with Gasteiger partial charge >= 0.3 is 0 Å². The SMILES string of the molecule is CC(CC1CC1)=NO. The first kappa shape index (κ1) is 5.60. The largest absolute Gasteiger partial charge is 0.411 e. The van der Waals surface area contributed by atoms with Crippen LogP contribution in [0.1, 0.15) is 26.2 Å². The van der Waals surface area contributed by atoms with Crippen molar-refractivity contribution in [1.29, 1.82) is 0 Å². The quantitative estimate of drug-likeness (QED) is 0.329. The molecule has 0 aliphatic heterocycles. The van der Waals surface area contributed by atoms with Gasteiger partial charge in [-0.25, -0.2) is 0 Å². The van der Waals surface area contributed by atoms with Crippen LogP contribution >= 0.6 is 0 Å². The normalized spacial score (nSPS) is 21.4. The van der Waals surface area contributed by atoms with Crippen molar-refractivity contribution < 1.29 is 5.21 Å². The summed E-state index contributed by atoms with van der Waals surface area (Å²) in [4.78, 5) is 0. The molecule has 0 aromatic carbocycles. The van der Waals surface area contributed by atoms with Gasteiger partial charge in [0.1, 0.15) is 0 Å². The average molecular weight is 113 g/mol. The molecule has 1 fully saturated rings. The van der Waals surface area contributed by atoms with E-state index in [1.807, 2.05) is 6.92 Å². The summed E-state index contributed by atoms with van der Waals surface area (Å²) >= 11 is 0. The van der Waals surface area contributed by atoms with Crippen LogP contribution in [0.25, 0.3) is 0 Å². The molecule has 0 bridgehead atoms. The first-order valence-corrected chi connectivity index (χ1v) is 3.00. The Morgan fingerprint density at radius 1 is 1.75 bits per heavy atom. The minimum Gasteiger partial charge on any atom is -0.411 e. The van der Waals surface area contributed by atoms with Crippen molar-refractivity contribution >= 4 is 5.71 Å². The van der Waals surface area contributed by atoms with Gasteiger partial charge in [0, 0.05) is 0 Å². The fourth-order valence-electron chi connectivity index (χ4n) is 0.781. The first-order chi connectivity index (χ1) is 3.83. The molecule has 0 aromatic rings. The van der Waals surface area contributed by atoms with Crippen molar-refractivity contribution in [3.63, 3.8) is 0 Å². The summed E-state index contributed by atoms with van der Waals surface area (Å²) < 4.78 is 0. The molecule has 0 saturated heterocycles. The van der Waals surface area contributed by atoms with E-state index in [9.17, 15) is 0 Å². The Hall–Kier alpha value is -0.530. The van der Waals surface area contributed by atoms with Gasteiger partial charge in [0.15, 0.2) is 0 Å². The third kappa shape index (κ3) is 1.52. The molecule has 1 N–H and O–H groups in total. The monoisotopic (exact) mass is 113 g/mol. The van der Waals surface area contributed by atoms with E-state index in [4.69, 9.17) is 5.21 Å². The number of hydrogen-bond acceptors (Lipinski definition) is 2. The van der Waals surface area contributed by atoms with E-state index in [-0.39, 0.29) is 0 Å². The molecule has 0 unspecified atom stereocenters. The fourth-order valence-corrected chi connectivity index (χ4v) is 0.781. The molecule has 0 spiro atoms. The zero-order valence-electron chi connectivity index (χ0n) is 5.09. The molecule has 2 heteroatoms. The Labute approximate surface area is 49.2 Å². The molecule has 8 heavy (non-hydrogen) atoms. The second kappa shape index (κ2) is 2.16.